The van der Waals surface area contributed by atoms with E-state index in [0.29, 0.717) is 12.8 Å². The standard InChI is InChI=1S/C67H114O5/c1-3-5-7-9-11-13-15-17-19-21-23-25-27-29-30-31-32-33-34-35-36-38-40-42-44-46-48-50-52-54-56-58-60-62-67(70)72-65(63-68)64-71-66(69)61-59-57-55-53-51-49-47-45-43-41-39-37-28-26-24-22-20-18-16-14-12-10-8-6-4-2/h5,7,11,13,16-19,22-25,29-30,32-33,35-36,65,68H,3-4,6,8-10,12,14-15,20-21,26-28,31,34,37-64H2,1-2H3/b7-5-,13-11-,18-16-,19-17-,24-22-,25-23-,30-29-,33-32-,36-35-. The molecule has 1 atom stereocenters. The van der Waals surface area contributed by atoms with Crippen molar-refractivity contribution in [1.29, 1.82) is 0 Å². The van der Waals surface area contributed by atoms with Gasteiger partial charge in [-0.25, -0.2) is 0 Å². The number of allylic oxidation sites excluding steroid dienone is 18. The quantitative estimate of drug-likeness (QED) is 0.0373. The minimum atomic E-state index is -0.781. The number of esters is 2. The molecule has 1 unspecified atom stereocenters. The molecule has 1 N–H and O–H groups in total. The topological polar surface area (TPSA) is 72.8 Å². The van der Waals surface area contributed by atoms with Crippen molar-refractivity contribution in [2.75, 3.05) is 13.2 Å². The maximum absolute atomic E-state index is 12.3. The molecule has 0 rings (SSSR count). The molecule has 0 aromatic heterocycles. The van der Waals surface area contributed by atoms with E-state index in [-0.39, 0.29) is 25.2 Å². The van der Waals surface area contributed by atoms with Crippen LogP contribution in [0, 0.1) is 0 Å². The Balaban J connectivity index is 3.52. The SMILES string of the molecule is CC/C=C\C/C=C\C/C=C\C/C=C\C/C=C\C/C=C\C/C=C\CCCCCCCCCCCCCC(=O)OC(CO)COC(=O)CCCCCCCCCCCCCCC/C=C\C/C=C\CCCCCCC. The number of carbonyl (C=O) groups excluding carboxylic acids is 2. The molecule has 0 bridgehead atoms. The molecule has 0 aliphatic rings. The highest BCUT2D eigenvalue weighted by Crippen LogP contribution is 2.16. The molecule has 0 heterocycles. The van der Waals surface area contributed by atoms with Gasteiger partial charge in [-0.1, -0.05) is 277 Å². The molecule has 0 aliphatic carbocycles. The minimum absolute atomic E-state index is 0.0708. The Labute approximate surface area is 446 Å². The third-order valence-corrected chi connectivity index (χ3v) is 13.1. The van der Waals surface area contributed by atoms with Crippen LogP contribution in [0.2, 0.25) is 0 Å². The Morgan fingerprint density at radius 3 is 0.903 bits per heavy atom. The van der Waals surface area contributed by atoms with Crippen LogP contribution in [0.4, 0.5) is 0 Å². The fourth-order valence-corrected chi connectivity index (χ4v) is 8.51. The van der Waals surface area contributed by atoms with E-state index >= 15 is 0 Å². The molecule has 0 fully saturated rings. The smallest absolute Gasteiger partial charge is 0.306 e. The molecule has 0 aromatic carbocycles. The summed E-state index contributed by atoms with van der Waals surface area (Å²) in [7, 11) is 0. The van der Waals surface area contributed by atoms with Crippen LogP contribution in [0.5, 0.6) is 0 Å². The van der Waals surface area contributed by atoms with Crippen LogP contribution in [-0.2, 0) is 19.1 Å². The minimum Gasteiger partial charge on any atom is -0.462 e. The van der Waals surface area contributed by atoms with Gasteiger partial charge in [0, 0.05) is 12.8 Å². The molecule has 5 heteroatoms. The Hall–Kier alpha value is -3.44. The van der Waals surface area contributed by atoms with Gasteiger partial charge in [-0.05, 0) is 103 Å². The van der Waals surface area contributed by atoms with Crippen LogP contribution < -0.4 is 0 Å². The second-order valence-corrected chi connectivity index (χ2v) is 20.0. The maximum Gasteiger partial charge on any atom is 0.306 e. The largest absolute Gasteiger partial charge is 0.462 e. The van der Waals surface area contributed by atoms with E-state index in [2.05, 4.69) is 123 Å². The fourth-order valence-electron chi connectivity index (χ4n) is 8.51. The van der Waals surface area contributed by atoms with Gasteiger partial charge in [-0.3, -0.25) is 9.59 Å². The monoisotopic (exact) mass is 999 g/mol. The van der Waals surface area contributed by atoms with Crippen molar-refractivity contribution in [2.24, 2.45) is 0 Å². The van der Waals surface area contributed by atoms with Gasteiger partial charge in [0.05, 0.1) is 6.61 Å². The van der Waals surface area contributed by atoms with Gasteiger partial charge in [-0.15, -0.1) is 0 Å². The summed E-state index contributed by atoms with van der Waals surface area (Å²) >= 11 is 0. The highest BCUT2D eigenvalue weighted by molar-refractivity contribution is 5.70. The third kappa shape index (κ3) is 59.1. The van der Waals surface area contributed by atoms with E-state index in [1.165, 1.54) is 167 Å². The first-order chi connectivity index (χ1) is 35.6. The summed E-state index contributed by atoms with van der Waals surface area (Å²) in [4.78, 5) is 24.6. The van der Waals surface area contributed by atoms with Crippen LogP contribution in [0.15, 0.2) is 109 Å². The van der Waals surface area contributed by atoms with Gasteiger partial charge in [0.25, 0.3) is 0 Å². The van der Waals surface area contributed by atoms with E-state index in [1.807, 2.05) is 0 Å². The van der Waals surface area contributed by atoms with Gasteiger partial charge >= 0.3 is 11.9 Å². The molecule has 0 saturated carbocycles. The zero-order valence-electron chi connectivity index (χ0n) is 47.2. The third-order valence-electron chi connectivity index (χ3n) is 13.1. The Morgan fingerprint density at radius 1 is 0.333 bits per heavy atom. The predicted molar refractivity (Wildman–Crippen MR) is 315 cm³/mol. The number of unbranched alkanes of at least 4 members (excludes halogenated alkanes) is 29. The maximum atomic E-state index is 12.3. The lowest BCUT2D eigenvalue weighted by molar-refractivity contribution is -0.161. The molecule has 0 amide bonds. The summed E-state index contributed by atoms with van der Waals surface area (Å²) in [6.45, 7) is 4.03. The molecule has 0 radical (unpaired) electrons. The number of hydrogen-bond donors (Lipinski definition) is 1. The Kier molecular flexibility index (Phi) is 58.9. The van der Waals surface area contributed by atoms with Crippen LogP contribution in [-0.4, -0.2) is 36.4 Å². The molecule has 5 nitrogen and oxygen atoms in total. The lowest BCUT2D eigenvalue weighted by Gasteiger charge is -2.15. The number of aliphatic hydroxyl groups excluding tert-OH is 1. The summed E-state index contributed by atoms with van der Waals surface area (Å²) in [6.07, 6.45) is 89.2. The van der Waals surface area contributed by atoms with Gasteiger partial charge < -0.3 is 14.6 Å². The first-order valence-corrected chi connectivity index (χ1v) is 30.4. The number of carbonyl (C=O) groups is 2. The molecule has 0 aliphatic heterocycles. The van der Waals surface area contributed by atoms with E-state index < -0.39 is 6.10 Å². The highest BCUT2D eigenvalue weighted by Gasteiger charge is 2.16. The number of aliphatic hydroxyl groups is 1. The Morgan fingerprint density at radius 2 is 0.597 bits per heavy atom. The molecule has 0 spiro atoms. The normalized spacial score (nSPS) is 13.0. The zero-order chi connectivity index (χ0) is 52.0. The summed E-state index contributed by atoms with van der Waals surface area (Å²) < 4.78 is 10.7. The zero-order valence-corrected chi connectivity index (χ0v) is 47.2. The molecule has 0 aromatic rings. The van der Waals surface area contributed by atoms with E-state index in [1.54, 1.807) is 0 Å². The van der Waals surface area contributed by atoms with Crippen molar-refractivity contribution in [3.05, 3.63) is 109 Å². The predicted octanol–water partition coefficient (Wildman–Crippen LogP) is 20.9. The summed E-state index contributed by atoms with van der Waals surface area (Å²) in [5.41, 5.74) is 0. The number of ether oxygens (including phenoxy) is 2. The van der Waals surface area contributed by atoms with Gasteiger partial charge in [-0.2, -0.15) is 0 Å². The van der Waals surface area contributed by atoms with E-state index in [0.717, 1.165) is 89.9 Å². The number of hydrogen-bond acceptors (Lipinski definition) is 5. The van der Waals surface area contributed by atoms with Gasteiger partial charge in [0.1, 0.15) is 6.61 Å². The molecule has 72 heavy (non-hydrogen) atoms. The molecular formula is C67H114O5. The van der Waals surface area contributed by atoms with Crippen LogP contribution >= 0.6 is 0 Å². The van der Waals surface area contributed by atoms with E-state index in [4.69, 9.17) is 9.47 Å². The van der Waals surface area contributed by atoms with Crippen molar-refractivity contribution in [2.45, 2.75) is 290 Å². The van der Waals surface area contributed by atoms with Crippen molar-refractivity contribution >= 4 is 11.9 Å². The van der Waals surface area contributed by atoms with Crippen molar-refractivity contribution in [3.63, 3.8) is 0 Å². The first kappa shape index (κ1) is 68.6. The van der Waals surface area contributed by atoms with Crippen LogP contribution in [0.25, 0.3) is 0 Å². The second kappa shape index (κ2) is 61.9. The average Bonchev–Trinajstić information content (AvgIpc) is 3.38. The van der Waals surface area contributed by atoms with Crippen LogP contribution in [0.1, 0.15) is 284 Å². The van der Waals surface area contributed by atoms with Gasteiger partial charge in [0.2, 0.25) is 0 Å². The number of rotatable bonds is 55. The first-order valence-electron chi connectivity index (χ1n) is 30.4. The molecular weight excluding hydrogens is 885 g/mol. The Bertz CT molecular complexity index is 1410. The summed E-state index contributed by atoms with van der Waals surface area (Å²) in [5, 5.41) is 9.67. The fraction of sp³-hybridized carbons (Fsp3) is 0.701. The second-order valence-electron chi connectivity index (χ2n) is 20.0. The molecule has 412 valence electrons. The molecule has 0 saturated heterocycles. The van der Waals surface area contributed by atoms with Crippen molar-refractivity contribution < 1.29 is 24.2 Å². The summed E-state index contributed by atoms with van der Waals surface area (Å²) in [5.74, 6) is -0.592. The van der Waals surface area contributed by atoms with Gasteiger partial charge in [0.15, 0.2) is 6.10 Å². The average molecular weight is 1000 g/mol. The van der Waals surface area contributed by atoms with E-state index in [9.17, 15) is 14.7 Å². The lowest BCUT2D eigenvalue weighted by atomic mass is 10.0. The van der Waals surface area contributed by atoms with Crippen molar-refractivity contribution in [3.8, 4) is 0 Å². The summed E-state index contributed by atoms with van der Waals surface area (Å²) in [6, 6.07) is 0. The highest BCUT2D eigenvalue weighted by atomic mass is 16.6. The lowest BCUT2D eigenvalue weighted by Crippen LogP contribution is -2.28. The van der Waals surface area contributed by atoms with Crippen LogP contribution in [0.3, 0.4) is 0 Å². The van der Waals surface area contributed by atoms with Crippen molar-refractivity contribution in [1.82, 2.24) is 0 Å².